The average Bonchev–Trinajstić information content (AvgIpc) is 2.89. The Bertz CT molecular complexity index is 554. The maximum Gasteiger partial charge on any atom is 0.411 e. The molecule has 0 saturated heterocycles. The van der Waals surface area contributed by atoms with E-state index in [1.165, 1.54) is 0 Å². The van der Waals surface area contributed by atoms with Gasteiger partial charge in [-0.2, -0.15) is 13.2 Å². The molecule has 0 spiro atoms. The van der Waals surface area contributed by atoms with Gasteiger partial charge in [0.15, 0.2) is 0 Å². The van der Waals surface area contributed by atoms with Crippen LogP contribution < -0.4 is 11.0 Å². The van der Waals surface area contributed by atoms with Crippen LogP contribution in [0.2, 0.25) is 0 Å². The third-order valence-electron chi connectivity index (χ3n) is 3.54. The first kappa shape index (κ1) is 16.5. The predicted octanol–water partition coefficient (Wildman–Crippen LogP) is 0.965. The number of nitrogens with zero attached hydrogens (tertiary/aromatic N) is 1. The van der Waals surface area contributed by atoms with Crippen LogP contribution in [-0.4, -0.2) is 46.5 Å². The molecule has 7 nitrogen and oxygen atoms in total. The number of rotatable bonds is 5. The Morgan fingerprint density at radius 1 is 1.36 bits per heavy atom. The fraction of sp³-hybridized carbons (Fsp3) is 0.750. The number of aromatic nitrogens is 3. The van der Waals surface area contributed by atoms with Crippen molar-refractivity contribution in [3.05, 3.63) is 16.3 Å². The summed E-state index contributed by atoms with van der Waals surface area (Å²) in [6.07, 6.45) is -1.99. The molecule has 1 aliphatic carbocycles. The zero-order valence-corrected chi connectivity index (χ0v) is 11.7. The van der Waals surface area contributed by atoms with Gasteiger partial charge in [-0.1, -0.05) is 12.8 Å². The number of halogens is 3. The number of alkyl halides is 3. The zero-order valence-electron chi connectivity index (χ0n) is 11.7. The van der Waals surface area contributed by atoms with E-state index < -0.39 is 30.5 Å². The van der Waals surface area contributed by atoms with E-state index in [1.54, 1.807) is 0 Å². The highest BCUT2D eigenvalue weighted by atomic mass is 19.4. The molecule has 22 heavy (non-hydrogen) atoms. The summed E-state index contributed by atoms with van der Waals surface area (Å²) in [7, 11) is 0. The molecule has 124 valence electrons. The number of hydrogen-bond donors (Lipinski definition) is 3. The van der Waals surface area contributed by atoms with E-state index in [-0.39, 0.29) is 18.3 Å². The van der Waals surface area contributed by atoms with Crippen LogP contribution in [0.1, 0.15) is 36.3 Å². The van der Waals surface area contributed by atoms with Gasteiger partial charge in [-0.15, -0.1) is 5.10 Å². The van der Waals surface area contributed by atoms with Crippen LogP contribution in [0.4, 0.5) is 13.2 Å². The molecule has 2 atom stereocenters. The fourth-order valence-electron chi connectivity index (χ4n) is 2.51. The predicted molar refractivity (Wildman–Crippen MR) is 69.3 cm³/mol. The van der Waals surface area contributed by atoms with Gasteiger partial charge in [0.1, 0.15) is 6.61 Å². The van der Waals surface area contributed by atoms with E-state index in [0.717, 1.165) is 12.8 Å². The number of carbonyl (C=O) groups excluding carboxylic acids is 1. The number of carbonyl (C=O) groups is 1. The summed E-state index contributed by atoms with van der Waals surface area (Å²) >= 11 is 0. The summed E-state index contributed by atoms with van der Waals surface area (Å²) in [5.41, 5.74) is -0.603. The van der Waals surface area contributed by atoms with Gasteiger partial charge in [-0.3, -0.25) is 9.78 Å². The summed E-state index contributed by atoms with van der Waals surface area (Å²) in [6, 6.07) is 0. The second kappa shape index (κ2) is 6.95. The van der Waals surface area contributed by atoms with Crippen molar-refractivity contribution in [2.45, 2.75) is 38.0 Å². The van der Waals surface area contributed by atoms with Crippen molar-refractivity contribution in [1.29, 1.82) is 0 Å². The van der Waals surface area contributed by atoms with Gasteiger partial charge < -0.3 is 10.1 Å². The number of H-pyrrole nitrogens is 2. The monoisotopic (exact) mass is 322 g/mol. The molecule has 2 unspecified atom stereocenters. The van der Waals surface area contributed by atoms with Crippen LogP contribution >= 0.6 is 0 Å². The Balaban J connectivity index is 1.85. The van der Waals surface area contributed by atoms with Crippen molar-refractivity contribution in [3.8, 4) is 0 Å². The first-order chi connectivity index (χ1) is 10.3. The van der Waals surface area contributed by atoms with Crippen molar-refractivity contribution in [3.63, 3.8) is 0 Å². The summed E-state index contributed by atoms with van der Waals surface area (Å²) in [5, 5.41) is 8.10. The fourth-order valence-corrected chi connectivity index (χ4v) is 2.51. The Morgan fingerprint density at radius 2 is 2.09 bits per heavy atom. The van der Waals surface area contributed by atoms with Crippen molar-refractivity contribution in [1.82, 2.24) is 20.5 Å². The minimum absolute atomic E-state index is 0.159. The molecular weight excluding hydrogens is 305 g/mol. The zero-order chi connectivity index (χ0) is 16.2. The third kappa shape index (κ3) is 4.86. The van der Waals surface area contributed by atoms with E-state index in [0.29, 0.717) is 12.8 Å². The summed E-state index contributed by atoms with van der Waals surface area (Å²) in [6.45, 7) is -1.11. The van der Waals surface area contributed by atoms with Gasteiger partial charge in [0.2, 0.25) is 5.82 Å². The van der Waals surface area contributed by atoms with Gasteiger partial charge >= 0.3 is 11.9 Å². The molecule has 1 aromatic rings. The molecular formula is C12H17F3N4O3. The van der Waals surface area contributed by atoms with Crippen LogP contribution in [0.5, 0.6) is 0 Å². The lowest BCUT2D eigenvalue weighted by atomic mass is 9.86. The molecule has 1 aliphatic rings. The molecule has 0 radical (unpaired) electrons. The van der Waals surface area contributed by atoms with Crippen molar-refractivity contribution >= 4 is 5.91 Å². The highest BCUT2D eigenvalue weighted by molar-refractivity contribution is 5.90. The van der Waals surface area contributed by atoms with E-state index in [2.05, 4.69) is 20.5 Å². The quantitative estimate of drug-likeness (QED) is 0.752. The average molecular weight is 322 g/mol. The highest BCUT2D eigenvalue weighted by Gasteiger charge is 2.33. The van der Waals surface area contributed by atoms with Crippen LogP contribution in [0.15, 0.2) is 4.79 Å². The Kier molecular flexibility index (Phi) is 5.22. The largest absolute Gasteiger partial charge is 0.411 e. The molecule has 1 saturated carbocycles. The standard InChI is InChI=1S/C12H17F3N4O3/c13-12(14,15)6-22-8-4-2-1-3-7(8)5-16-10(20)9-17-11(21)19-18-9/h7-8H,1-6H2,(H,16,20)(H2,17,18,19,21). The minimum Gasteiger partial charge on any atom is -0.368 e. The van der Waals surface area contributed by atoms with Crippen molar-refractivity contribution in [2.75, 3.05) is 13.2 Å². The van der Waals surface area contributed by atoms with E-state index >= 15 is 0 Å². The van der Waals surface area contributed by atoms with Crippen LogP contribution in [0.25, 0.3) is 0 Å². The third-order valence-corrected chi connectivity index (χ3v) is 3.54. The molecule has 1 amide bonds. The Labute approximate surface area is 123 Å². The van der Waals surface area contributed by atoms with Gasteiger partial charge in [0.05, 0.1) is 6.10 Å². The van der Waals surface area contributed by atoms with Gasteiger partial charge in [-0.05, 0) is 12.8 Å². The maximum atomic E-state index is 12.2. The van der Waals surface area contributed by atoms with E-state index in [1.807, 2.05) is 0 Å². The molecule has 0 aromatic carbocycles. The first-order valence-corrected chi connectivity index (χ1v) is 6.96. The van der Waals surface area contributed by atoms with Crippen LogP contribution in [0, 0.1) is 5.92 Å². The number of amides is 1. The molecule has 3 N–H and O–H groups in total. The first-order valence-electron chi connectivity index (χ1n) is 6.96. The maximum absolute atomic E-state index is 12.2. The molecule has 0 bridgehead atoms. The highest BCUT2D eigenvalue weighted by Crippen LogP contribution is 2.28. The van der Waals surface area contributed by atoms with Crippen molar-refractivity contribution < 1.29 is 22.7 Å². The Morgan fingerprint density at radius 3 is 2.73 bits per heavy atom. The van der Waals surface area contributed by atoms with E-state index in [9.17, 15) is 22.8 Å². The molecule has 0 aliphatic heterocycles. The normalized spacial score (nSPS) is 22.5. The number of nitrogens with one attached hydrogen (secondary N) is 3. The minimum atomic E-state index is -4.36. The SMILES string of the molecule is O=C(NCC1CCCCC1OCC(F)(F)F)c1n[nH]c(=O)[nH]1. The lowest BCUT2D eigenvalue weighted by Crippen LogP contribution is -2.39. The van der Waals surface area contributed by atoms with E-state index in [4.69, 9.17) is 4.74 Å². The number of hydrogen-bond acceptors (Lipinski definition) is 4. The smallest absolute Gasteiger partial charge is 0.368 e. The summed E-state index contributed by atoms with van der Waals surface area (Å²) in [4.78, 5) is 24.8. The number of aromatic amines is 2. The Hall–Kier alpha value is -1.84. The molecule has 1 fully saturated rings. The lowest BCUT2D eigenvalue weighted by molar-refractivity contribution is -0.193. The van der Waals surface area contributed by atoms with Gasteiger partial charge in [-0.25, -0.2) is 9.89 Å². The van der Waals surface area contributed by atoms with Gasteiger partial charge in [0, 0.05) is 12.5 Å². The molecule has 1 heterocycles. The summed E-state index contributed by atoms with van der Waals surface area (Å²) in [5.74, 6) is -0.933. The molecule has 2 rings (SSSR count). The second-order valence-electron chi connectivity index (χ2n) is 5.25. The molecule has 1 aromatic heterocycles. The number of ether oxygens (including phenoxy) is 1. The summed E-state index contributed by atoms with van der Waals surface area (Å²) < 4.78 is 41.7. The van der Waals surface area contributed by atoms with Crippen LogP contribution in [0.3, 0.4) is 0 Å². The lowest BCUT2D eigenvalue weighted by Gasteiger charge is -2.31. The van der Waals surface area contributed by atoms with Gasteiger partial charge in [0.25, 0.3) is 5.91 Å². The topological polar surface area (TPSA) is 99.9 Å². The van der Waals surface area contributed by atoms with Crippen molar-refractivity contribution in [2.24, 2.45) is 5.92 Å². The van der Waals surface area contributed by atoms with Crippen LogP contribution in [-0.2, 0) is 4.74 Å². The molecule has 10 heteroatoms. The second-order valence-corrected chi connectivity index (χ2v) is 5.25.